The SMILES string of the molecule is C[C@@H]1CN(C(=O)c2ccc(N3CCNC3=O)cc2)C[C@H](C)O1. The lowest BCUT2D eigenvalue weighted by Gasteiger charge is -2.35. The van der Waals surface area contributed by atoms with E-state index in [9.17, 15) is 9.59 Å². The van der Waals surface area contributed by atoms with Crippen molar-refractivity contribution < 1.29 is 14.3 Å². The van der Waals surface area contributed by atoms with E-state index < -0.39 is 0 Å². The highest BCUT2D eigenvalue weighted by atomic mass is 16.5. The van der Waals surface area contributed by atoms with Gasteiger partial charge in [0.1, 0.15) is 0 Å². The molecule has 0 aromatic heterocycles. The third-order valence-electron chi connectivity index (χ3n) is 3.99. The molecule has 1 aromatic carbocycles. The molecule has 3 rings (SSSR count). The lowest BCUT2D eigenvalue weighted by molar-refractivity contribution is -0.0586. The van der Waals surface area contributed by atoms with Gasteiger partial charge in [-0.15, -0.1) is 0 Å². The largest absolute Gasteiger partial charge is 0.372 e. The number of nitrogens with zero attached hydrogens (tertiary/aromatic N) is 2. The molecule has 2 aliphatic heterocycles. The zero-order valence-electron chi connectivity index (χ0n) is 12.9. The summed E-state index contributed by atoms with van der Waals surface area (Å²) >= 11 is 0. The average molecular weight is 303 g/mol. The summed E-state index contributed by atoms with van der Waals surface area (Å²) in [5.74, 6) is 0.0134. The minimum atomic E-state index is -0.0881. The number of hydrogen-bond donors (Lipinski definition) is 1. The van der Waals surface area contributed by atoms with Gasteiger partial charge in [0.15, 0.2) is 0 Å². The predicted molar refractivity (Wildman–Crippen MR) is 83.1 cm³/mol. The summed E-state index contributed by atoms with van der Waals surface area (Å²) in [6.45, 7) is 6.49. The zero-order valence-corrected chi connectivity index (χ0v) is 12.9. The molecule has 3 amide bonds. The number of benzene rings is 1. The van der Waals surface area contributed by atoms with E-state index in [1.807, 2.05) is 30.9 Å². The molecule has 0 aliphatic carbocycles. The summed E-state index contributed by atoms with van der Waals surface area (Å²) in [5.41, 5.74) is 1.46. The van der Waals surface area contributed by atoms with Gasteiger partial charge in [-0.2, -0.15) is 0 Å². The van der Waals surface area contributed by atoms with Crippen molar-refractivity contribution in [3.05, 3.63) is 29.8 Å². The summed E-state index contributed by atoms with van der Waals surface area (Å²) in [4.78, 5) is 27.7. The molecule has 6 heteroatoms. The normalized spacial score (nSPS) is 25.3. The third kappa shape index (κ3) is 2.92. The van der Waals surface area contributed by atoms with Crippen LogP contribution in [-0.4, -0.2) is 55.2 Å². The van der Waals surface area contributed by atoms with E-state index in [-0.39, 0.29) is 24.1 Å². The first kappa shape index (κ1) is 14.8. The summed E-state index contributed by atoms with van der Waals surface area (Å²) in [6.07, 6.45) is 0.112. The van der Waals surface area contributed by atoms with Crippen molar-refractivity contribution >= 4 is 17.6 Å². The zero-order chi connectivity index (χ0) is 15.7. The number of hydrogen-bond acceptors (Lipinski definition) is 3. The first-order valence-corrected chi connectivity index (χ1v) is 7.65. The molecule has 2 heterocycles. The monoisotopic (exact) mass is 303 g/mol. The molecule has 118 valence electrons. The number of ether oxygens (including phenoxy) is 1. The lowest BCUT2D eigenvalue weighted by atomic mass is 10.1. The van der Waals surface area contributed by atoms with Crippen molar-refractivity contribution in [1.82, 2.24) is 10.2 Å². The number of rotatable bonds is 2. The fourth-order valence-corrected chi connectivity index (χ4v) is 3.03. The van der Waals surface area contributed by atoms with Crippen molar-refractivity contribution in [3.8, 4) is 0 Å². The quantitative estimate of drug-likeness (QED) is 0.900. The van der Waals surface area contributed by atoms with Crippen LogP contribution >= 0.6 is 0 Å². The second-order valence-electron chi connectivity index (χ2n) is 5.90. The Morgan fingerprint density at radius 2 is 1.82 bits per heavy atom. The summed E-state index contributed by atoms with van der Waals surface area (Å²) in [5, 5.41) is 2.76. The molecule has 2 aliphatic rings. The van der Waals surface area contributed by atoms with Crippen LogP contribution < -0.4 is 10.2 Å². The predicted octanol–water partition coefficient (Wildman–Crippen LogP) is 1.47. The Labute approximate surface area is 130 Å². The molecule has 2 fully saturated rings. The second-order valence-corrected chi connectivity index (χ2v) is 5.90. The highest BCUT2D eigenvalue weighted by molar-refractivity contribution is 5.97. The van der Waals surface area contributed by atoms with Gasteiger partial charge in [-0.05, 0) is 38.1 Å². The van der Waals surface area contributed by atoms with Gasteiger partial charge in [0, 0.05) is 37.4 Å². The van der Waals surface area contributed by atoms with Gasteiger partial charge in [-0.1, -0.05) is 0 Å². The van der Waals surface area contributed by atoms with Crippen LogP contribution in [-0.2, 0) is 4.74 Å². The van der Waals surface area contributed by atoms with Crippen LogP contribution in [0, 0.1) is 0 Å². The topological polar surface area (TPSA) is 61.9 Å². The van der Waals surface area contributed by atoms with E-state index in [1.165, 1.54) is 0 Å². The maximum absolute atomic E-state index is 12.6. The number of anilines is 1. The Bertz CT molecular complexity index is 563. The summed E-state index contributed by atoms with van der Waals surface area (Å²) < 4.78 is 5.66. The second kappa shape index (κ2) is 5.96. The smallest absolute Gasteiger partial charge is 0.321 e. The van der Waals surface area contributed by atoms with Crippen molar-refractivity contribution in [3.63, 3.8) is 0 Å². The van der Waals surface area contributed by atoms with Crippen LogP contribution in [0.15, 0.2) is 24.3 Å². The maximum Gasteiger partial charge on any atom is 0.321 e. The van der Waals surface area contributed by atoms with Crippen LogP contribution in [0.25, 0.3) is 0 Å². The highest BCUT2D eigenvalue weighted by Crippen LogP contribution is 2.19. The van der Waals surface area contributed by atoms with Gasteiger partial charge < -0.3 is 15.0 Å². The van der Waals surface area contributed by atoms with Crippen LogP contribution in [0.2, 0.25) is 0 Å². The van der Waals surface area contributed by atoms with Gasteiger partial charge >= 0.3 is 6.03 Å². The van der Waals surface area contributed by atoms with E-state index >= 15 is 0 Å². The fraction of sp³-hybridized carbons (Fsp3) is 0.500. The number of amides is 3. The molecule has 6 nitrogen and oxygen atoms in total. The fourth-order valence-electron chi connectivity index (χ4n) is 3.03. The Balaban J connectivity index is 1.72. The third-order valence-corrected chi connectivity index (χ3v) is 3.99. The van der Waals surface area contributed by atoms with E-state index in [1.54, 1.807) is 17.0 Å². The Kier molecular flexibility index (Phi) is 4.02. The van der Waals surface area contributed by atoms with Gasteiger partial charge in [0.05, 0.1) is 12.2 Å². The molecule has 22 heavy (non-hydrogen) atoms. The van der Waals surface area contributed by atoms with Crippen molar-refractivity contribution in [2.45, 2.75) is 26.1 Å². The molecule has 1 N–H and O–H groups in total. The van der Waals surface area contributed by atoms with Gasteiger partial charge in [-0.3, -0.25) is 9.69 Å². The van der Waals surface area contributed by atoms with Crippen LogP contribution in [0.4, 0.5) is 10.5 Å². The van der Waals surface area contributed by atoms with E-state index in [0.29, 0.717) is 31.7 Å². The molecule has 2 atom stereocenters. The summed E-state index contributed by atoms with van der Waals surface area (Å²) in [7, 11) is 0. The number of carbonyl (C=O) groups excluding carboxylic acids is 2. The van der Waals surface area contributed by atoms with E-state index in [4.69, 9.17) is 4.74 Å². The van der Waals surface area contributed by atoms with E-state index in [2.05, 4.69) is 5.32 Å². The first-order valence-electron chi connectivity index (χ1n) is 7.65. The molecule has 0 radical (unpaired) electrons. The van der Waals surface area contributed by atoms with Gasteiger partial charge in [-0.25, -0.2) is 4.79 Å². The molecular weight excluding hydrogens is 282 g/mol. The van der Waals surface area contributed by atoms with Crippen LogP contribution in [0.1, 0.15) is 24.2 Å². The van der Waals surface area contributed by atoms with Crippen LogP contribution in [0.5, 0.6) is 0 Å². The molecule has 0 unspecified atom stereocenters. The molecule has 1 aromatic rings. The Morgan fingerprint density at radius 3 is 2.36 bits per heavy atom. The molecule has 0 saturated carbocycles. The minimum Gasteiger partial charge on any atom is -0.372 e. The van der Waals surface area contributed by atoms with Gasteiger partial charge in [0.2, 0.25) is 0 Å². The number of nitrogens with one attached hydrogen (secondary N) is 1. The van der Waals surface area contributed by atoms with Crippen molar-refractivity contribution in [2.24, 2.45) is 0 Å². The highest BCUT2D eigenvalue weighted by Gasteiger charge is 2.27. The molecule has 0 spiro atoms. The Morgan fingerprint density at radius 1 is 1.18 bits per heavy atom. The standard InChI is InChI=1S/C16H21N3O3/c1-11-9-18(10-12(2)22-11)15(20)13-3-5-14(6-4-13)19-8-7-17-16(19)21/h3-6,11-12H,7-10H2,1-2H3,(H,17,21)/t11-,12+. The number of urea groups is 1. The molecular formula is C16H21N3O3. The minimum absolute atomic E-state index is 0.0134. The molecule has 0 bridgehead atoms. The number of carbonyl (C=O) groups is 2. The van der Waals surface area contributed by atoms with Crippen molar-refractivity contribution in [1.29, 1.82) is 0 Å². The maximum atomic E-state index is 12.6. The average Bonchev–Trinajstić information content (AvgIpc) is 2.92. The number of morpholine rings is 1. The van der Waals surface area contributed by atoms with Crippen molar-refractivity contribution in [2.75, 3.05) is 31.1 Å². The molecule has 2 saturated heterocycles. The van der Waals surface area contributed by atoms with Crippen LogP contribution in [0.3, 0.4) is 0 Å². The first-order chi connectivity index (χ1) is 10.5. The Hall–Kier alpha value is -2.08. The summed E-state index contributed by atoms with van der Waals surface area (Å²) in [6, 6.07) is 7.13. The van der Waals surface area contributed by atoms with E-state index in [0.717, 1.165) is 5.69 Å². The lowest BCUT2D eigenvalue weighted by Crippen LogP contribution is -2.48. The van der Waals surface area contributed by atoms with Gasteiger partial charge in [0.25, 0.3) is 5.91 Å².